The largest absolute Gasteiger partial charge is 0.300 e. The maximum Gasteiger partial charge on any atom is 0.249 e. The van der Waals surface area contributed by atoms with Gasteiger partial charge in [0.05, 0.1) is 5.92 Å². The molecule has 0 bridgehead atoms. The van der Waals surface area contributed by atoms with Crippen molar-refractivity contribution >= 4 is 29.1 Å². The minimum atomic E-state index is -0.456. The fraction of sp³-hybridized carbons (Fsp3) is 0.211. The minimum Gasteiger partial charge on any atom is -0.300 e. The average Bonchev–Trinajstić information content (AvgIpc) is 3.00. The molecule has 4 rings (SSSR count). The predicted molar refractivity (Wildman–Crippen MR) is 94.7 cm³/mol. The van der Waals surface area contributed by atoms with Gasteiger partial charge in [-0.1, -0.05) is 0 Å². The zero-order valence-corrected chi connectivity index (χ0v) is 14.4. The van der Waals surface area contributed by atoms with Crippen LogP contribution in [-0.4, -0.2) is 32.1 Å². The van der Waals surface area contributed by atoms with Gasteiger partial charge in [-0.25, -0.2) is 8.91 Å². The molecule has 0 unspecified atom stereocenters. The van der Waals surface area contributed by atoms with Gasteiger partial charge in [0.2, 0.25) is 11.9 Å². The zero-order chi connectivity index (χ0) is 19.1. The van der Waals surface area contributed by atoms with Gasteiger partial charge in [0.25, 0.3) is 0 Å². The third-order valence-corrected chi connectivity index (χ3v) is 4.57. The molecule has 2 heterocycles. The van der Waals surface area contributed by atoms with Crippen molar-refractivity contribution in [2.24, 2.45) is 5.92 Å². The maximum atomic E-state index is 14.2. The second-order valence-corrected chi connectivity index (χ2v) is 6.54. The number of hydrogen-bond acceptors (Lipinski definition) is 5. The number of Topliss-reactive ketones (excluding diaryl/α,β-unsaturated/α-hetero) is 2. The van der Waals surface area contributed by atoms with Crippen LogP contribution in [0.25, 0.3) is 16.8 Å². The van der Waals surface area contributed by atoms with Gasteiger partial charge in [0.15, 0.2) is 11.4 Å². The van der Waals surface area contributed by atoms with E-state index >= 15 is 0 Å². The Hall–Kier alpha value is -3.42. The van der Waals surface area contributed by atoms with Crippen LogP contribution < -0.4 is 5.32 Å². The first-order valence-corrected chi connectivity index (χ1v) is 8.40. The Bertz CT molecular complexity index is 1100. The Labute approximate surface area is 153 Å². The molecular weight excluding hydrogens is 351 g/mol. The van der Waals surface area contributed by atoms with Crippen molar-refractivity contribution in [2.75, 3.05) is 5.32 Å². The SMILES string of the molecule is CC(=O)c1ccc(F)c(-c2ccc3nc(NC(=O)C4CC(=O)C4)nn3c2)c1. The highest BCUT2D eigenvalue weighted by Crippen LogP contribution is 2.26. The normalized spacial score (nSPS) is 14.2. The summed E-state index contributed by atoms with van der Waals surface area (Å²) in [6.45, 7) is 1.42. The highest BCUT2D eigenvalue weighted by Gasteiger charge is 2.33. The third kappa shape index (κ3) is 3.21. The number of hydrogen-bond donors (Lipinski definition) is 1. The monoisotopic (exact) mass is 366 g/mol. The number of nitrogens with zero attached hydrogens (tertiary/aromatic N) is 3. The van der Waals surface area contributed by atoms with Gasteiger partial charge in [-0.15, -0.1) is 5.10 Å². The summed E-state index contributed by atoms with van der Waals surface area (Å²) in [6, 6.07) is 7.50. The van der Waals surface area contributed by atoms with Crippen LogP contribution in [0.3, 0.4) is 0 Å². The number of benzene rings is 1. The lowest BCUT2D eigenvalue weighted by atomic mass is 9.83. The number of anilines is 1. The summed E-state index contributed by atoms with van der Waals surface area (Å²) < 4.78 is 15.6. The number of rotatable bonds is 4. The standard InChI is InChI=1S/C19H15FN4O3/c1-10(25)11-2-4-16(20)15(8-11)12-3-5-17-21-19(23-24(17)9-12)22-18(27)13-6-14(26)7-13/h2-5,8-9,13H,6-7H2,1H3,(H,22,23,27). The van der Waals surface area contributed by atoms with Crippen molar-refractivity contribution in [1.82, 2.24) is 14.6 Å². The number of carbonyl (C=O) groups is 3. The molecule has 2 aromatic heterocycles. The van der Waals surface area contributed by atoms with Gasteiger partial charge in [0, 0.05) is 35.7 Å². The molecule has 1 aromatic carbocycles. The fourth-order valence-corrected chi connectivity index (χ4v) is 2.95. The lowest BCUT2D eigenvalue weighted by molar-refractivity contribution is -0.135. The molecule has 0 aliphatic heterocycles. The van der Waals surface area contributed by atoms with Crippen LogP contribution in [-0.2, 0) is 9.59 Å². The van der Waals surface area contributed by atoms with Crippen molar-refractivity contribution in [1.29, 1.82) is 0 Å². The Balaban J connectivity index is 1.63. The molecule has 1 saturated carbocycles. The van der Waals surface area contributed by atoms with Crippen LogP contribution >= 0.6 is 0 Å². The van der Waals surface area contributed by atoms with Crippen molar-refractivity contribution < 1.29 is 18.8 Å². The quantitative estimate of drug-likeness (QED) is 0.717. The molecule has 1 N–H and O–H groups in total. The van der Waals surface area contributed by atoms with Gasteiger partial charge in [-0.2, -0.15) is 4.98 Å². The van der Waals surface area contributed by atoms with E-state index in [-0.39, 0.29) is 47.7 Å². The highest BCUT2D eigenvalue weighted by atomic mass is 19.1. The van der Waals surface area contributed by atoms with E-state index in [1.807, 2.05) is 0 Å². The first-order chi connectivity index (χ1) is 12.9. The summed E-state index contributed by atoms with van der Waals surface area (Å²) in [5.41, 5.74) is 1.68. The van der Waals surface area contributed by atoms with Crippen LogP contribution in [0.2, 0.25) is 0 Å². The number of pyridine rings is 1. The minimum absolute atomic E-state index is 0.0672. The summed E-state index contributed by atoms with van der Waals surface area (Å²) in [5.74, 6) is -1.04. The Morgan fingerprint density at radius 1 is 1.22 bits per heavy atom. The molecule has 0 atom stereocenters. The molecule has 1 amide bonds. The van der Waals surface area contributed by atoms with Crippen molar-refractivity contribution in [3.05, 3.63) is 47.9 Å². The van der Waals surface area contributed by atoms with E-state index in [9.17, 15) is 18.8 Å². The van der Waals surface area contributed by atoms with E-state index < -0.39 is 5.82 Å². The molecule has 136 valence electrons. The molecule has 0 saturated heterocycles. The first-order valence-electron chi connectivity index (χ1n) is 8.40. The van der Waals surface area contributed by atoms with Crippen LogP contribution in [0, 0.1) is 11.7 Å². The van der Waals surface area contributed by atoms with Crippen LogP contribution in [0.15, 0.2) is 36.5 Å². The summed E-state index contributed by atoms with van der Waals surface area (Å²) in [7, 11) is 0. The van der Waals surface area contributed by atoms with E-state index in [0.29, 0.717) is 16.8 Å². The smallest absolute Gasteiger partial charge is 0.249 e. The van der Waals surface area contributed by atoms with E-state index in [1.165, 1.54) is 29.6 Å². The summed E-state index contributed by atoms with van der Waals surface area (Å²) >= 11 is 0. The Morgan fingerprint density at radius 3 is 2.70 bits per heavy atom. The second-order valence-electron chi connectivity index (χ2n) is 6.54. The van der Waals surface area contributed by atoms with Crippen LogP contribution in [0.5, 0.6) is 0 Å². The summed E-state index contributed by atoms with van der Waals surface area (Å²) in [5, 5.41) is 6.78. The molecule has 8 heteroatoms. The lowest BCUT2D eigenvalue weighted by Crippen LogP contribution is -2.34. The molecular formula is C19H15FN4O3. The molecule has 1 aliphatic rings. The number of nitrogens with one attached hydrogen (secondary N) is 1. The lowest BCUT2D eigenvalue weighted by Gasteiger charge is -2.21. The topological polar surface area (TPSA) is 93.4 Å². The summed E-state index contributed by atoms with van der Waals surface area (Å²) in [4.78, 5) is 38.8. The third-order valence-electron chi connectivity index (χ3n) is 4.57. The van der Waals surface area contributed by atoms with Gasteiger partial charge in [-0.3, -0.25) is 19.7 Å². The molecule has 1 fully saturated rings. The number of ketones is 2. The summed E-state index contributed by atoms with van der Waals surface area (Å²) in [6.07, 6.45) is 2.07. The fourth-order valence-electron chi connectivity index (χ4n) is 2.95. The van der Waals surface area contributed by atoms with Gasteiger partial charge >= 0.3 is 0 Å². The molecule has 27 heavy (non-hydrogen) atoms. The van der Waals surface area contributed by atoms with Crippen molar-refractivity contribution in [2.45, 2.75) is 19.8 Å². The number of halogens is 1. The number of amides is 1. The highest BCUT2D eigenvalue weighted by molar-refractivity contribution is 6.01. The Kier molecular flexibility index (Phi) is 4.02. The number of fused-ring (bicyclic) bond motifs is 1. The number of carbonyl (C=O) groups excluding carboxylic acids is 3. The second kappa shape index (κ2) is 6.39. The van der Waals surface area contributed by atoms with Crippen molar-refractivity contribution in [3.63, 3.8) is 0 Å². The zero-order valence-electron chi connectivity index (χ0n) is 14.4. The number of aromatic nitrogens is 3. The van der Waals surface area contributed by atoms with Gasteiger partial charge in [0.1, 0.15) is 11.6 Å². The molecule has 0 radical (unpaired) electrons. The first kappa shape index (κ1) is 17.0. The maximum absolute atomic E-state index is 14.2. The van der Waals surface area contributed by atoms with E-state index in [0.717, 1.165) is 0 Å². The molecule has 0 spiro atoms. The van der Waals surface area contributed by atoms with Crippen LogP contribution in [0.4, 0.5) is 10.3 Å². The van der Waals surface area contributed by atoms with E-state index in [2.05, 4.69) is 15.4 Å². The molecule has 7 nitrogen and oxygen atoms in total. The molecule has 3 aromatic rings. The van der Waals surface area contributed by atoms with Gasteiger partial charge in [-0.05, 0) is 37.3 Å². The Morgan fingerprint density at radius 2 is 2.00 bits per heavy atom. The average molecular weight is 366 g/mol. The molecule has 1 aliphatic carbocycles. The predicted octanol–water partition coefficient (Wildman–Crippen LogP) is 2.66. The van der Waals surface area contributed by atoms with E-state index in [1.54, 1.807) is 18.3 Å². The van der Waals surface area contributed by atoms with Crippen LogP contribution in [0.1, 0.15) is 30.1 Å². The van der Waals surface area contributed by atoms with Gasteiger partial charge < -0.3 is 0 Å². The van der Waals surface area contributed by atoms with E-state index in [4.69, 9.17) is 0 Å². The van der Waals surface area contributed by atoms with Crippen molar-refractivity contribution in [3.8, 4) is 11.1 Å².